The molecule has 0 bridgehead atoms. The molecule has 1 atom stereocenters. The molecule has 0 aliphatic heterocycles. The third-order valence-electron chi connectivity index (χ3n) is 2.22. The number of ether oxygens (including phenoxy) is 2. The van der Waals surface area contributed by atoms with E-state index in [-0.39, 0.29) is 6.61 Å². The third kappa shape index (κ3) is 5.42. The second kappa shape index (κ2) is 8.56. The van der Waals surface area contributed by atoms with Gasteiger partial charge in [0.05, 0.1) is 41.7 Å². The van der Waals surface area contributed by atoms with Crippen LogP contribution >= 0.6 is 23.2 Å². The average Bonchev–Trinajstić information content (AvgIpc) is 2.36. The van der Waals surface area contributed by atoms with Crippen LogP contribution in [0.15, 0.2) is 18.2 Å². The number of anilines is 1. The minimum Gasteiger partial charge on any atom is -0.389 e. The topological polar surface area (TPSA) is 50.7 Å². The first-order chi connectivity index (χ1) is 8.65. The molecule has 0 saturated heterocycles. The van der Waals surface area contributed by atoms with E-state index in [0.717, 1.165) is 0 Å². The zero-order chi connectivity index (χ0) is 13.4. The van der Waals surface area contributed by atoms with Gasteiger partial charge < -0.3 is 19.9 Å². The normalized spacial score (nSPS) is 12.4. The van der Waals surface area contributed by atoms with Gasteiger partial charge in [-0.25, -0.2) is 0 Å². The van der Waals surface area contributed by atoms with Crippen LogP contribution in [0.25, 0.3) is 0 Å². The molecule has 0 fully saturated rings. The molecule has 4 nitrogen and oxygen atoms in total. The number of rotatable bonds is 8. The highest BCUT2D eigenvalue weighted by Crippen LogP contribution is 2.29. The summed E-state index contributed by atoms with van der Waals surface area (Å²) in [6.07, 6.45) is -0.614. The maximum absolute atomic E-state index is 9.67. The Kier molecular flexibility index (Phi) is 7.39. The zero-order valence-corrected chi connectivity index (χ0v) is 11.7. The highest BCUT2D eigenvalue weighted by molar-refractivity contribution is 6.43. The molecule has 1 rings (SSSR count). The molecular formula is C12H17Cl2NO3. The van der Waals surface area contributed by atoms with Crippen molar-refractivity contribution in [2.75, 3.05) is 38.8 Å². The van der Waals surface area contributed by atoms with Crippen LogP contribution in [0.4, 0.5) is 5.69 Å². The molecule has 0 heterocycles. The summed E-state index contributed by atoms with van der Waals surface area (Å²) >= 11 is 11.9. The molecule has 6 heteroatoms. The van der Waals surface area contributed by atoms with Gasteiger partial charge in [-0.05, 0) is 12.1 Å². The Morgan fingerprint density at radius 3 is 2.83 bits per heavy atom. The highest BCUT2D eigenvalue weighted by atomic mass is 35.5. The van der Waals surface area contributed by atoms with E-state index in [4.69, 9.17) is 32.7 Å². The number of hydrogen-bond donors (Lipinski definition) is 2. The van der Waals surface area contributed by atoms with Crippen LogP contribution in [0.3, 0.4) is 0 Å². The lowest BCUT2D eigenvalue weighted by Gasteiger charge is -2.14. The van der Waals surface area contributed by atoms with Crippen molar-refractivity contribution in [1.29, 1.82) is 0 Å². The number of nitrogens with one attached hydrogen (secondary N) is 1. The second-order valence-corrected chi connectivity index (χ2v) is 4.49. The first kappa shape index (κ1) is 15.5. The molecule has 102 valence electrons. The van der Waals surface area contributed by atoms with Gasteiger partial charge in [0.15, 0.2) is 0 Å². The number of hydrogen-bond acceptors (Lipinski definition) is 4. The van der Waals surface area contributed by atoms with E-state index in [1.54, 1.807) is 25.3 Å². The average molecular weight is 294 g/mol. The predicted octanol–water partition coefficient (Wildman–Crippen LogP) is 2.43. The van der Waals surface area contributed by atoms with E-state index >= 15 is 0 Å². The number of benzene rings is 1. The molecule has 0 aliphatic carbocycles. The molecule has 1 aromatic carbocycles. The van der Waals surface area contributed by atoms with E-state index in [1.165, 1.54) is 0 Å². The van der Waals surface area contributed by atoms with Crippen LogP contribution in [0.1, 0.15) is 0 Å². The Morgan fingerprint density at radius 2 is 2.11 bits per heavy atom. The van der Waals surface area contributed by atoms with Crippen LogP contribution in [-0.4, -0.2) is 44.7 Å². The summed E-state index contributed by atoms with van der Waals surface area (Å²) < 4.78 is 10.0. The predicted molar refractivity (Wildman–Crippen MR) is 73.7 cm³/mol. The van der Waals surface area contributed by atoms with E-state index in [2.05, 4.69) is 5.32 Å². The first-order valence-electron chi connectivity index (χ1n) is 5.57. The molecule has 0 aromatic heterocycles. The summed E-state index contributed by atoms with van der Waals surface area (Å²) in [5.74, 6) is 0. The molecule has 1 unspecified atom stereocenters. The van der Waals surface area contributed by atoms with E-state index in [9.17, 15) is 5.11 Å². The molecule has 0 aliphatic rings. The van der Waals surface area contributed by atoms with Gasteiger partial charge in [0.25, 0.3) is 0 Å². The summed E-state index contributed by atoms with van der Waals surface area (Å²) in [5, 5.41) is 13.6. The lowest BCUT2D eigenvalue weighted by atomic mass is 10.3. The van der Waals surface area contributed by atoms with Crippen LogP contribution in [0.2, 0.25) is 10.0 Å². The minimum absolute atomic E-state index is 0.245. The second-order valence-electron chi connectivity index (χ2n) is 3.70. The van der Waals surface area contributed by atoms with Crippen molar-refractivity contribution < 1.29 is 14.6 Å². The van der Waals surface area contributed by atoms with Gasteiger partial charge in [-0.1, -0.05) is 29.3 Å². The highest BCUT2D eigenvalue weighted by Gasteiger charge is 2.07. The van der Waals surface area contributed by atoms with Gasteiger partial charge in [-0.2, -0.15) is 0 Å². The Labute approximate surface area is 117 Å². The van der Waals surface area contributed by atoms with Crippen molar-refractivity contribution in [3.63, 3.8) is 0 Å². The molecule has 0 radical (unpaired) electrons. The third-order valence-corrected chi connectivity index (χ3v) is 3.04. The number of halogens is 2. The molecule has 18 heavy (non-hydrogen) atoms. The monoisotopic (exact) mass is 293 g/mol. The van der Waals surface area contributed by atoms with Crippen LogP contribution in [-0.2, 0) is 9.47 Å². The van der Waals surface area contributed by atoms with Crippen LogP contribution in [0.5, 0.6) is 0 Å². The lowest BCUT2D eigenvalue weighted by molar-refractivity contribution is 0.0182. The zero-order valence-electron chi connectivity index (χ0n) is 10.2. The van der Waals surface area contributed by atoms with Crippen molar-refractivity contribution in [1.82, 2.24) is 0 Å². The van der Waals surface area contributed by atoms with Crippen molar-refractivity contribution in [2.24, 2.45) is 0 Å². The Hall–Kier alpha value is -0.520. The lowest BCUT2D eigenvalue weighted by Crippen LogP contribution is -2.25. The maximum Gasteiger partial charge on any atom is 0.0945 e. The van der Waals surface area contributed by atoms with Gasteiger partial charge in [-0.15, -0.1) is 0 Å². The number of methoxy groups -OCH3 is 1. The van der Waals surface area contributed by atoms with Crippen LogP contribution in [0, 0.1) is 0 Å². The largest absolute Gasteiger partial charge is 0.389 e. The Morgan fingerprint density at radius 1 is 1.33 bits per heavy atom. The van der Waals surface area contributed by atoms with Gasteiger partial charge in [-0.3, -0.25) is 0 Å². The van der Waals surface area contributed by atoms with Crippen LogP contribution < -0.4 is 5.32 Å². The number of aliphatic hydroxyl groups is 1. The summed E-state index contributed by atoms with van der Waals surface area (Å²) in [6.45, 7) is 1.56. The van der Waals surface area contributed by atoms with Gasteiger partial charge in [0.1, 0.15) is 0 Å². The molecular weight excluding hydrogens is 277 g/mol. The number of aliphatic hydroxyl groups excluding tert-OH is 1. The fraction of sp³-hybridized carbons (Fsp3) is 0.500. The summed E-state index contributed by atoms with van der Waals surface area (Å²) in [4.78, 5) is 0. The smallest absolute Gasteiger partial charge is 0.0945 e. The summed E-state index contributed by atoms with van der Waals surface area (Å²) in [6, 6.07) is 5.30. The van der Waals surface area contributed by atoms with Gasteiger partial charge in [0, 0.05) is 13.7 Å². The van der Waals surface area contributed by atoms with Gasteiger partial charge >= 0.3 is 0 Å². The Bertz CT molecular complexity index is 363. The van der Waals surface area contributed by atoms with E-state index in [0.29, 0.717) is 35.5 Å². The van der Waals surface area contributed by atoms with Crippen molar-refractivity contribution in [2.45, 2.75) is 6.10 Å². The fourth-order valence-electron chi connectivity index (χ4n) is 1.29. The van der Waals surface area contributed by atoms with Gasteiger partial charge in [0.2, 0.25) is 0 Å². The summed E-state index contributed by atoms with van der Waals surface area (Å²) in [7, 11) is 1.60. The van der Waals surface area contributed by atoms with Crippen molar-refractivity contribution in [3.05, 3.63) is 28.2 Å². The minimum atomic E-state index is -0.614. The first-order valence-corrected chi connectivity index (χ1v) is 6.33. The van der Waals surface area contributed by atoms with Crippen molar-refractivity contribution in [3.8, 4) is 0 Å². The molecule has 0 amide bonds. The Balaban J connectivity index is 2.29. The van der Waals surface area contributed by atoms with Crippen molar-refractivity contribution >= 4 is 28.9 Å². The molecule has 0 spiro atoms. The SMILES string of the molecule is COCCOCC(O)CNc1cccc(Cl)c1Cl. The van der Waals surface area contributed by atoms with E-state index in [1.807, 2.05) is 0 Å². The van der Waals surface area contributed by atoms with E-state index < -0.39 is 6.10 Å². The molecule has 0 saturated carbocycles. The fourth-order valence-corrected chi connectivity index (χ4v) is 1.66. The standard InChI is InChI=1S/C12H17Cl2NO3/c1-17-5-6-18-8-9(16)7-15-11-4-2-3-10(13)12(11)14/h2-4,9,15-16H,5-8H2,1H3. The summed E-state index contributed by atoms with van der Waals surface area (Å²) in [5.41, 5.74) is 0.695. The maximum atomic E-state index is 9.67. The quantitative estimate of drug-likeness (QED) is 0.723. The molecule has 1 aromatic rings. The molecule has 2 N–H and O–H groups in total.